The number of pyridine rings is 1. The summed E-state index contributed by atoms with van der Waals surface area (Å²) in [6.45, 7) is 0. The van der Waals surface area contributed by atoms with Gasteiger partial charge in [-0.25, -0.2) is 4.98 Å². The molecule has 2 unspecified atom stereocenters. The number of hydrogen-bond acceptors (Lipinski definition) is 2. The topological polar surface area (TPSA) is 42.0 Å². The highest BCUT2D eigenvalue weighted by molar-refractivity contribution is 6.29. The van der Waals surface area contributed by atoms with Crippen molar-refractivity contribution in [2.24, 2.45) is 11.3 Å². The van der Waals surface area contributed by atoms with Crippen molar-refractivity contribution >= 4 is 23.2 Å². The zero-order chi connectivity index (χ0) is 11.9. The summed E-state index contributed by atoms with van der Waals surface area (Å²) < 4.78 is 0. The van der Waals surface area contributed by atoms with E-state index in [0.717, 1.165) is 18.5 Å². The minimum absolute atomic E-state index is 0.0577. The van der Waals surface area contributed by atoms with Crippen LogP contribution < -0.4 is 5.32 Å². The third kappa shape index (κ3) is 1.93. The Labute approximate surface area is 106 Å². The summed E-state index contributed by atoms with van der Waals surface area (Å²) in [5.41, 5.74) is 0.683. The quantitative estimate of drug-likeness (QED) is 0.819. The van der Waals surface area contributed by atoms with E-state index in [9.17, 15) is 4.79 Å². The van der Waals surface area contributed by atoms with Crippen LogP contribution in [0.25, 0.3) is 0 Å². The van der Waals surface area contributed by atoms with Gasteiger partial charge in [0.05, 0.1) is 17.3 Å². The van der Waals surface area contributed by atoms with Crippen molar-refractivity contribution in [3.05, 3.63) is 23.5 Å². The zero-order valence-corrected chi connectivity index (χ0v) is 10.3. The first-order valence-corrected chi connectivity index (χ1v) is 6.51. The smallest absolute Gasteiger partial charge is 0.230 e. The molecule has 3 rings (SSSR count). The molecule has 4 heteroatoms. The van der Waals surface area contributed by atoms with E-state index in [4.69, 9.17) is 11.6 Å². The molecule has 90 valence electrons. The minimum Gasteiger partial charge on any atom is -0.324 e. The van der Waals surface area contributed by atoms with Gasteiger partial charge in [-0.2, -0.15) is 0 Å². The number of nitrogens with zero attached hydrogens (tertiary/aromatic N) is 1. The average molecular weight is 251 g/mol. The third-order valence-electron chi connectivity index (χ3n) is 4.09. The van der Waals surface area contributed by atoms with Crippen LogP contribution in [0.2, 0.25) is 5.15 Å². The van der Waals surface area contributed by atoms with Crippen LogP contribution in [0.15, 0.2) is 18.3 Å². The molecule has 2 fully saturated rings. The Morgan fingerprint density at radius 3 is 3.06 bits per heavy atom. The van der Waals surface area contributed by atoms with Crippen LogP contribution in [0.4, 0.5) is 5.69 Å². The number of hydrogen-bond donors (Lipinski definition) is 1. The van der Waals surface area contributed by atoms with Crippen molar-refractivity contribution in [2.75, 3.05) is 5.32 Å². The summed E-state index contributed by atoms with van der Waals surface area (Å²) in [7, 11) is 0. The highest BCUT2D eigenvalue weighted by Gasteiger charge is 2.59. The van der Waals surface area contributed by atoms with Gasteiger partial charge in [-0.3, -0.25) is 4.79 Å². The standard InChI is InChI=1S/C13H15ClN2O/c14-11-5-4-10(8-15-11)16-12(17)13-6-2-1-3-9(13)7-13/h4-5,8-9H,1-3,6-7H2,(H,16,17). The van der Waals surface area contributed by atoms with E-state index in [0.29, 0.717) is 11.1 Å². The molecular weight excluding hydrogens is 236 g/mol. The van der Waals surface area contributed by atoms with Crippen molar-refractivity contribution in [2.45, 2.75) is 32.1 Å². The van der Waals surface area contributed by atoms with Crippen LogP contribution in [-0.4, -0.2) is 10.9 Å². The van der Waals surface area contributed by atoms with E-state index in [-0.39, 0.29) is 11.3 Å². The van der Waals surface area contributed by atoms with Gasteiger partial charge in [0, 0.05) is 0 Å². The van der Waals surface area contributed by atoms with Gasteiger partial charge >= 0.3 is 0 Å². The molecule has 2 atom stereocenters. The van der Waals surface area contributed by atoms with E-state index >= 15 is 0 Å². The van der Waals surface area contributed by atoms with E-state index in [2.05, 4.69) is 10.3 Å². The van der Waals surface area contributed by atoms with E-state index < -0.39 is 0 Å². The summed E-state index contributed by atoms with van der Waals surface area (Å²) in [5, 5.41) is 3.41. The fourth-order valence-corrected chi connectivity index (χ4v) is 3.11. The molecule has 1 aromatic heterocycles. The molecule has 0 spiro atoms. The molecule has 1 amide bonds. The van der Waals surface area contributed by atoms with Crippen LogP contribution >= 0.6 is 11.6 Å². The van der Waals surface area contributed by atoms with Crippen LogP contribution in [-0.2, 0) is 4.79 Å². The van der Waals surface area contributed by atoms with Gasteiger partial charge in [0.15, 0.2) is 0 Å². The normalized spacial score (nSPS) is 30.5. The van der Waals surface area contributed by atoms with Crippen molar-refractivity contribution in [1.82, 2.24) is 4.98 Å². The second-order valence-electron chi connectivity index (χ2n) is 5.13. The maximum atomic E-state index is 12.2. The minimum atomic E-state index is -0.0577. The van der Waals surface area contributed by atoms with Crippen LogP contribution in [0.3, 0.4) is 0 Å². The Bertz CT molecular complexity index is 445. The van der Waals surface area contributed by atoms with Crippen LogP contribution in [0, 0.1) is 11.3 Å². The van der Waals surface area contributed by atoms with Gasteiger partial charge in [-0.15, -0.1) is 0 Å². The number of nitrogens with one attached hydrogen (secondary N) is 1. The summed E-state index contributed by atoms with van der Waals surface area (Å²) in [6.07, 6.45) is 7.40. The largest absolute Gasteiger partial charge is 0.324 e. The highest BCUT2D eigenvalue weighted by atomic mass is 35.5. The van der Waals surface area contributed by atoms with Gasteiger partial charge in [0.1, 0.15) is 5.15 Å². The van der Waals surface area contributed by atoms with E-state index in [1.807, 2.05) is 0 Å². The lowest BCUT2D eigenvalue weighted by atomic mass is 9.87. The molecule has 1 heterocycles. The maximum Gasteiger partial charge on any atom is 0.230 e. The monoisotopic (exact) mass is 250 g/mol. The number of carbonyl (C=O) groups excluding carboxylic acids is 1. The van der Waals surface area contributed by atoms with Crippen molar-refractivity contribution in [1.29, 1.82) is 0 Å². The fraction of sp³-hybridized carbons (Fsp3) is 0.538. The lowest BCUT2D eigenvalue weighted by molar-refractivity contribution is -0.122. The predicted octanol–water partition coefficient (Wildman–Crippen LogP) is 3.25. The molecule has 3 nitrogen and oxygen atoms in total. The second-order valence-corrected chi connectivity index (χ2v) is 5.51. The Morgan fingerprint density at radius 1 is 1.47 bits per heavy atom. The maximum absolute atomic E-state index is 12.2. The molecule has 0 bridgehead atoms. The molecule has 2 saturated carbocycles. The third-order valence-corrected chi connectivity index (χ3v) is 4.32. The Morgan fingerprint density at radius 2 is 2.35 bits per heavy atom. The number of fused-ring (bicyclic) bond motifs is 1. The summed E-state index contributed by atoms with van der Waals surface area (Å²) in [6, 6.07) is 3.49. The van der Waals surface area contributed by atoms with Crippen LogP contribution in [0.5, 0.6) is 0 Å². The summed E-state index contributed by atoms with van der Waals surface area (Å²) in [5.74, 6) is 0.794. The number of amides is 1. The lowest BCUT2D eigenvalue weighted by Gasteiger charge is -2.20. The predicted molar refractivity (Wildman–Crippen MR) is 66.9 cm³/mol. The van der Waals surface area contributed by atoms with Crippen molar-refractivity contribution < 1.29 is 4.79 Å². The first-order chi connectivity index (χ1) is 8.21. The molecule has 1 N–H and O–H groups in total. The summed E-state index contributed by atoms with van der Waals surface area (Å²) in [4.78, 5) is 16.2. The zero-order valence-electron chi connectivity index (χ0n) is 9.58. The molecule has 1 aromatic rings. The first-order valence-electron chi connectivity index (χ1n) is 6.14. The Hall–Kier alpha value is -1.09. The van der Waals surface area contributed by atoms with Crippen molar-refractivity contribution in [3.63, 3.8) is 0 Å². The molecule has 17 heavy (non-hydrogen) atoms. The fourth-order valence-electron chi connectivity index (χ4n) is 2.99. The molecule has 2 aliphatic carbocycles. The molecular formula is C13H15ClN2O. The molecule has 0 radical (unpaired) electrons. The van der Waals surface area contributed by atoms with Gasteiger partial charge in [-0.1, -0.05) is 24.4 Å². The number of rotatable bonds is 2. The molecule has 0 aromatic carbocycles. The lowest BCUT2D eigenvalue weighted by Crippen LogP contribution is -2.27. The average Bonchev–Trinajstić information content (AvgIpc) is 3.08. The SMILES string of the molecule is O=C(Nc1ccc(Cl)nc1)C12CCCCC1C2. The van der Waals surface area contributed by atoms with Gasteiger partial charge in [0.2, 0.25) is 5.91 Å². The van der Waals surface area contributed by atoms with Gasteiger partial charge < -0.3 is 5.32 Å². The molecule has 0 aliphatic heterocycles. The second kappa shape index (κ2) is 3.98. The Balaban J connectivity index is 1.70. The number of aromatic nitrogens is 1. The highest BCUT2D eigenvalue weighted by Crippen LogP contribution is 2.61. The number of carbonyl (C=O) groups is 1. The van der Waals surface area contributed by atoms with E-state index in [1.165, 1.54) is 19.3 Å². The van der Waals surface area contributed by atoms with Crippen molar-refractivity contribution in [3.8, 4) is 0 Å². The Kier molecular flexibility index (Phi) is 2.58. The van der Waals surface area contributed by atoms with Gasteiger partial charge in [0.25, 0.3) is 0 Å². The van der Waals surface area contributed by atoms with Crippen LogP contribution in [0.1, 0.15) is 32.1 Å². The van der Waals surface area contributed by atoms with E-state index in [1.54, 1.807) is 18.3 Å². The first kappa shape index (κ1) is 11.0. The van der Waals surface area contributed by atoms with Gasteiger partial charge in [-0.05, 0) is 37.3 Å². The molecule has 0 saturated heterocycles. The number of anilines is 1. The summed E-state index contributed by atoms with van der Waals surface area (Å²) >= 11 is 5.71. The number of halogens is 1. The molecule has 2 aliphatic rings.